The van der Waals surface area contributed by atoms with Crippen LogP contribution >= 0.6 is 0 Å². The molecule has 3 N–H and O–H groups in total. The minimum atomic E-state index is -0.207. The van der Waals surface area contributed by atoms with Gasteiger partial charge in [-0.1, -0.05) is 0 Å². The van der Waals surface area contributed by atoms with E-state index in [1.165, 1.54) is 0 Å². The SMILES string of the molecule is COC(C)(C)CC(NN)c1ccnn1C. The molecule has 1 unspecified atom stereocenters. The minimum Gasteiger partial charge on any atom is -0.379 e. The van der Waals surface area contributed by atoms with Crippen LogP contribution in [0, 0.1) is 0 Å². The Kier molecular flexibility index (Phi) is 3.84. The topological polar surface area (TPSA) is 65.1 Å². The quantitative estimate of drug-likeness (QED) is 0.558. The molecule has 5 nitrogen and oxygen atoms in total. The zero-order valence-electron chi connectivity index (χ0n) is 9.82. The number of aromatic nitrogens is 2. The third-order valence-electron chi connectivity index (χ3n) is 2.67. The molecule has 0 saturated carbocycles. The Balaban J connectivity index is 2.77. The molecular weight excluding hydrogens is 192 g/mol. The van der Waals surface area contributed by atoms with E-state index in [9.17, 15) is 0 Å². The van der Waals surface area contributed by atoms with Crippen LogP contribution in [-0.2, 0) is 11.8 Å². The number of hydrogen-bond acceptors (Lipinski definition) is 4. The van der Waals surface area contributed by atoms with Crippen LogP contribution in [0.4, 0.5) is 0 Å². The highest BCUT2D eigenvalue weighted by atomic mass is 16.5. The van der Waals surface area contributed by atoms with Gasteiger partial charge in [-0.15, -0.1) is 0 Å². The Labute approximate surface area is 90.6 Å². The number of hydrogen-bond donors (Lipinski definition) is 2. The smallest absolute Gasteiger partial charge is 0.0656 e. The van der Waals surface area contributed by atoms with Crippen LogP contribution in [-0.4, -0.2) is 22.5 Å². The minimum absolute atomic E-state index is 0.0486. The summed E-state index contributed by atoms with van der Waals surface area (Å²) in [5, 5.41) is 4.12. The van der Waals surface area contributed by atoms with Crippen LogP contribution in [0.2, 0.25) is 0 Å². The number of rotatable bonds is 5. The number of aryl methyl sites for hydroxylation is 1. The Hall–Kier alpha value is -0.910. The monoisotopic (exact) mass is 212 g/mol. The van der Waals surface area contributed by atoms with Crippen LogP contribution < -0.4 is 11.3 Å². The molecule has 0 aliphatic rings. The van der Waals surface area contributed by atoms with Crippen molar-refractivity contribution in [2.24, 2.45) is 12.9 Å². The molecule has 1 aromatic heterocycles. The average molecular weight is 212 g/mol. The van der Waals surface area contributed by atoms with Gasteiger partial charge in [0.05, 0.1) is 17.3 Å². The Bertz CT molecular complexity index is 308. The average Bonchev–Trinajstić information content (AvgIpc) is 2.61. The van der Waals surface area contributed by atoms with Gasteiger partial charge in [0.25, 0.3) is 0 Å². The molecule has 1 aromatic rings. The Morgan fingerprint density at radius 1 is 1.67 bits per heavy atom. The van der Waals surface area contributed by atoms with Crippen molar-refractivity contribution < 1.29 is 4.74 Å². The van der Waals surface area contributed by atoms with Gasteiger partial charge in [0, 0.05) is 20.4 Å². The van der Waals surface area contributed by atoms with Crippen molar-refractivity contribution in [1.82, 2.24) is 15.2 Å². The van der Waals surface area contributed by atoms with Crippen molar-refractivity contribution >= 4 is 0 Å². The van der Waals surface area contributed by atoms with Crippen LogP contribution in [0.25, 0.3) is 0 Å². The maximum Gasteiger partial charge on any atom is 0.0656 e. The van der Waals surface area contributed by atoms with Crippen molar-refractivity contribution in [3.05, 3.63) is 18.0 Å². The van der Waals surface area contributed by atoms with E-state index in [1.54, 1.807) is 13.3 Å². The van der Waals surface area contributed by atoms with Crippen molar-refractivity contribution in [3.63, 3.8) is 0 Å². The second kappa shape index (κ2) is 4.74. The fourth-order valence-electron chi connectivity index (χ4n) is 1.55. The first-order valence-electron chi connectivity index (χ1n) is 4.99. The van der Waals surface area contributed by atoms with E-state index in [0.29, 0.717) is 0 Å². The molecule has 0 aliphatic heterocycles. The van der Waals surface area contributed by atoms with E-state index >= 15 is 0 Å². The summed E-state index contributed by atoms with van der Waals surface area (Å²) in [6.45, 7) is 4.07. The lowest BCUT2D eigenvalue weighted by atomic mass is 9.97. The summed E-state index contributed by atoms with van der Waals surface area (Å²) in [6.07, 6.45) is 2.55. The zero-order valence-corrected chi connectivity index (χ0v) is 9.82. The van der Waals surface area contributed by atoms with Crippen molar-refractivity contribution in [2.75, 3.05) is 7.11 Å². The fraction of sp³-hybridized carbons (Fsp3) is 0.700. The molecule has 0 spiro atoms. The molecule has 86 valence electrons. The van der Waals surface area contributed by atoms with E-state index in [2.05, 4.69) is 10.5 Å². The van der Waals surface area contributed by atoms with E-state index in [0.717, 1.165) is 12.1 Å². The lowest BCUT2D eigenvalue weighted by molar-refractivity contribution is 0.00617. The number of nitrogens with zero attached hydrogens (tertiary/aromatic N) is 2. The van der Waals surface area contributed by atoms with E-state index in [1.807, 2.05) is 31.6 Å². The second-order valence-corrected chi connectivity index (χ2v) is 4.27. The lowest BCUT2D eigenvalue weighted by Gasteiger charge is -2.28. The first kappa shape index (κ1) is 12.2. The molecule has 15 heavy (non-hydrogen) atoms. The summed E-state index contributed by atoms with van der Waals surface area (Å²) in [7, 11) is 3.61. The molecule has 0 bridgehead atoms. The third-order valence-corrected chi connectivity index (χ3v) is 2.67. The maximum absolute atomic E-state index is 5.55. The molecule has 5 heteroatoms. The molecule has 0 saturated heterocycles. The van der Waals surface area contributed by atoms with E-state index < -0.39 is 0 Å². The van der Waals surface area contributed by atoms with Crippen molar-refractivity contribution in [2.45, 2.75) is 31.9 Å². The van der Waals surface area contributed by atoms with Crippen LogP contribution in [0.5, 0.6) is 0 Å². The maximum atomic E-state index is 5.55. The van der Waals surface area contributed by atoms with Gasteiger partial charge in [-0.2, -0.15) is 5.10 Å². The largest absolute Gasteiger partial charge is 0.379 e. The summed E-state index contributed by atoms with van der Waals surface area (Å²) >= 11 is 0. The molecular formula is C10H20N4O. The van der Waals surface area contributed by atoms with Gasteiger partial charge in [0.15, 0.2) is 0 Å². The van der Waals surface area contributed by atoms with E-state index in [4.69, 9.17) is 10.6 Å². The predicted octanol–water partition coefficient (Wildman–Crippen LogP) is 0.740. The first-order valence-corrected chi connectivity index (χ1v) is 4.99. The van der Waals surface area contributed by atoms with Gasteiger partial charge in [-0.05, 0) is 26.3 Å². The number of ether oxygens (including phenoxy) is 1. The van der Waals surface area contributed by atoms with E-state index in [-0.39, 0.29) is 11.6 Å². The predicted molar refractivity (Wildman–Crippen MR) is 59.0 cm³/mol. The molecule has 0 fully saturated rings. The normalized spacial score (nSPS) is 14.2. The van der Waals surface area contributed by atoms with Gasteiger partial charge in [0.2, 0.25) is 0 Å². The van der Waals surface area contributed by atoms with Crippen molar-refractivity contribution in [1.29, 1.82) is 0 Å². The van der Waals surface area contributed by atoms with Gasteiger partial charge < -0.3 is 4.74 Å². The Morgan fingerprint density at radius 2 is 2.33 bits per heavy atom. The van der Waals surface area contributed by atoms with Gasteiger partial charge in [0.1, 0.15) is 0 Å². The summed E-state index contributed by atoms with van der Waals surface area (Å²) in [5.41, 5.74) is 3.65. The highest BCUT2D eigenvalue weighted by molar-refractivity contribution is 5.07. The van der Waals surface area contributed by atoms with Crippen molar-refractivity contribution in [3.8, 4) is 0 Å². The number of nitrogens with two attached hydrogens (primary N) is 1. The zero-order chi connectivity index (χ0) is 11.5. The van der Waals surface area contributed by atoms with Crippen LogP contribution in [0.3, 0.4) is 0 Å². The molecule has 0 aliphatic carbocycles. The van der Waals surface area contributed by atoms with Gasteiger partial charge in [-0.25, -0.2) is 0 Å². The van der Waals surface area contributed by atoms with Crippen LogP contribution in [0.1, 0.15) is 32.0 Å². The third kappa shape index (κ3) is 3.02. The van der Waals surface area contributed by atoms with Gasteiger partial charge >= 0.3 is 0 Å². The lowest BCUT2D eigenvalue weighted by Crippen LogP contribution is -2.36. The van der Waals surface area contributed by atoms with Gasteiger partial charge in [-0.3, -0.25) is 16.0 Å². The number of hydrazine groups is 1. The Morgan fingerprint density at radius 3 is 2.73 bits per heavy atom. The molecule has 1 heterocycles. The summed E-state index contributed by atoms with van der Waals surface area (Å²) in [6, 6.07) is 2.00. The highest BCUT2D eigenvalue weighted by Gasteiger charge is 2.24. The summed E-state index contributed by atoms with van der Waals surface area (Å²) in [4.78, 5) is 0. The molecule has 1 atom stereocenters. The molecule has 0 radical (unpaired) electrons. The molecule has 0 aromatic carbocycles. The second-order valence-electron chi connectivity index (χ2n) is 4.27. The molecule has 0 amide bonds. The summed E-state index contributed by atoms with van der Waals surface area (Å²) in [5.74, 6) is 5.55. The number of methoxy groups -OCH3 is 1. The highest BCUT2D eigenvalue weighted by Crippen LogP contribution is 2.24. The summed E-state index contributed by atoms with van der Waals surface area (Å²) < 4.78 is 7.20. The molecule has 1 rings (SSSR count). The standard InChI is InChI=1S/C10H20N4O/c1-10(2,15-4)7-8(13-11)9-5-6-12-14(9)3/h5-6,8,13H,7,11H2,1-4H3. The van der Waals surface area contributed by atoms with Crippen LogP contribution in [0.15, 0.2) is 12.3 Å². The number of nitrogens with one attached hydrogen (secondary N) is 1. The first-order chi connectivity index (χ1) is 7.00. The fourth-order valence-corrected chi connectivity index (χ4v) is 1.55.